The van der Waals surface area contributed by atoms with E-state index in [0.717, 1.165) is 30.3 Å². The van der Waals surface area contributed by atoms with Crippen LogP contribution in [-0.2, 0) is 6.54 Å². The van der Waals surface area contributed by atoms with E-state index in [2.05, 4.69) is 48.1 Å². The number of hydrogen-bond donors (Lipinski definition) is 1. The monoisotopic (exact) mass is 270 g/mol. The van der Waals surface area contributed by atoms with Crippen molar-refractivity contribution in [1.82, 2.24) is 15.3 Å². The predicted molar refractivity (Wildman–Crippen MR) is 83.1 cm³/mol. The first-order valence-electron chi connectivity index (χ1n) is 7.07. The van der Waals surface area contributed by atoms with Crippen molar-refractivity contribution in [3.63, 3.8) is 0 Å². The van der Waals surface area contributed by atoms with Gasteiger partial charge in [-0.2, -0.15) is 0 Å². The van der Waals surface area contributed by atoms with Crippen molar-refractivity contribution >= 4 is 11.5 Å². The summed E-state index contributed by atoms with van der Waals surface area (Å²) in [6.45, 7) is 7.97. The lowest BCUT2D eigenvalue weighted by atomic mass is 10.3. The van der Waals surface area contributed by atoms with Crippen LogP contribution in [0.3, 0.4) is 0 Å². The number of anilines is 2. The van der Waals surface area contributed by atoms with E-state index in [1.165, 1.54) is 0 Å². The lowest BCUT2D eigenvalue weighted by Crippen LogP contribution is -2.23. The first-order valence-corrected chi connectivity index (χ1v) is 7.07. The molecule has 0 fully saturated rings. The van der Waals surface area contributed by atoms with Crippen LogP contribution in [0.4, 0.5) is 11.5 Å². The highest BCUT2D eigenvalue weighted by Gasteiger charge is 2.09. The fraction of sp³-hybridized carbons (Fsp3) is 0.375. The van der Waals surface area contributed by atoms with E-state index in [9.17, 15) is 0 Å². The number of benzene rings is 1. The fourth-order valence-electron chi connectivity index (χ4n) is 2.00. The molecule has 1 aromatic carbocycles. The number of para-hydroxylation sites is 1. The summed E-state index contributed by atoms with van der Waals surface area (Å²) in [5, 5.41) is 3.36. The standard InChI is InChI=1S/C16H22N4/c1-4-20(15-8-6-5-7-9-15)16-12-17-10-14(19-16)11-18-13(2)3/h5-10,12-13,18H,4,11H2,1-3H3. The van der Waals surface area contributed by atoms with Crippen LogP contribution in [-0.4, -0.2) is 22.6 Å². The first kappa shape index (κ1) is 14.5. The summed E-state index contributed by atoms with van der Waals surface area (Å²) >= 11 is 0. The molecule has 0 saturated carbocycles. The molecule has 2 aromatic rings. The number of aromatic nitrogens is 2. The van der Waals surface area contributed by atoms with Gasteiger partial charge < -0.3 is 10.2 Å². The van der Waals surface area contributed by atoms with Crippen LogP contribution < -0.4 is 10.2 Å². The van der Waals surface area contributed by atoms with E-state index in [0.29, 0.717) is 6.04 Å². The Hall–Kier alpha value is -1.94. The lowest BCUT2D eigenvalue weighted by molar-refractivity contribution is 0.580. The van der Waals surface area contributed by atoms with Gasteiger partial charge in [0.1, 0.15) is 0 Å². The van der Waals surface area contributed by atoms with Gasteiger partial charge in [-0.15, -0.1) is 0 Å². The largest absolute Gasteiger partial charge is 0.325 e. The Morgan fingerprint density at radius 2 is 1.90 bits per heavy atom. The van der Waals surface area contributed by atoms with Gasteiger partial charge in [-0.05, 0) is 19.1 Å². The van der Waals surface area contributed by atoms with Crippen LogP contribution in [0.15, 0.2) is 42.7 Å². The minimum absolute atomic E-state index is 0.442. The van der Waals surface area contributed by atoms with Gasteiger partial charge in [-0.25, -0.2) is 4.98 Å². The molecule has 0 unspecified atom stereocenters. The molecule has 1 aromatic heterocycles. The molecule has 1 N–H and O–H groups in total. The Bertz CT molecular complexity index is 525. The highest BCUT2D eigenvalue weighted by atomic mass is 15.2. The molecule has 4 nitrogen and oxygen atoms in total. The highest BCUT2D eigenvalue weighted by Crippen LogP contribution is 2.22. The summed E-state index contributed by atoms with van der Waals surface area (Å²) < 4.78 is 0. The Kier molecular flexibility index (Phi) is 5.07. The van der Waals surface area contributed by atoms with Gasteiger partial charge in [-0.1, -0.05) is 32.0 Å². The summed E-state index contributed by atoms with van der Waals surface area (Å²) in [5.74, 6) is 0.891. The zero-order valence-electron chi connectivity index (χ0n) is 12.4. The number of nitrogens with zero attached hydrogens (tertiary/aromatic N) is 3. The predicted octanol–water partition coefficient (Wildman–Crippen LogP) is 3.13. The number of nitrogens with one attached hydrogen (secondary N) is 1. The van der Waals surface area contributed by atoms with E-state index >= 15 is 0 Å². The summed E-state index contributed by atoms with van der Waals surface area (Å²) in [6, 6.07) is 10.7. The van der Waals surface area contributed by atoms with E-state index in [-0.39, 0.29) is 0 Å². The zero-order valence-corrected chi connectivity index (χ0v) is 12.4. The molecule has 0 amide bonds. The van der Waals surface area contributed by atoms with Gasteiger partial charge in [0, 0.05) is 31.0 Å². The van der Waals surface area contributed by atoms with Crippen LogP contribution in [0, 0.1) is 0 Å². The topological polar surface area (TPSA) is 41.1 Å². The van der Waals surface area contributed by atoms with Crippen LogP contribution >= 0.6 is 0 Å². The Morgan fingerprint density at radius 1 is 1.15 bits per heavy atom. The summed E-state index contributed by atoms with van der Waals surface area (Å²) in [4.78, 5) is 11.2. The molecule has 20 heavy (non-hydrogen) atoms. The van der Waals surface area contributed by atoms with Crippen molar-refractivity contribution in [1.29, 1.82) is 0 Å². The van der Waals surface area contributed by atoms with Gasteiger partial charge in [0.15, 0.2) is 5.82 Å². The number of rotatable bonds is 6. The maximum Gasteiger partial charge on any atom is 0.151 e. The Morgan fingerprint density at radius 3 is 2.55 bits per heavy atom. The van der Waals surface area contributed by atoms with Gasteiger partial charge >= 0.3 is 0 Å². The third-order valence-electron chi connectivity index (χ3n) is 3.02. The fourth-order valence-corrected chi connectivity index (χ4v) is 2.00. The van der Waals surface area contributed by atoms with Crippen LogP contribution in [0.2, 0.25) is 0 Å². The quantitative estimate of drug-likeness (QED) is 0.875. The highest BCUT2D eigenvalue weighted by molar-refractivity contribution is 5.58. The van der Waals surface area contributed by atoms with Crippen LogP contribution in [0.25, 0.3) is 0 Å². The molecular formula is C16H22N4. The summed E-state index contributed by atoms with van der Waals surface area (Å²) in [5.41, 5.74) is 2.10. The molecule has 0 aliphatic rings. The molecule has 0 bridgehead atoms. The summed E-state index contributed by atoms with van der Waals surface area (Å²) in [6.07, 6.45) is 3.63. The molecule has 4 heteroatoms. The van der Waals surface area contributed by atoms with Crippen molar-refractivity contribution in [2.75, 3.05) is 11.4 Å². The molecule has 0 radical (unpaired) electrons. The van der Waals surface area contributed by atoms with Crippen molar-refractivity contribution in [2.45, 2.75) is 33.4 Å². The van der Waals surface area contributed by atoms with Crippen LogP contribution in [0.5, 0.6) is 0 Å². The second kappa shape index (κ2) is 7.01. The Balaban J connectivity index is 2.20. The van der Waals surface area contributed by atoms with Crippen molar-refractivity contribution in [3.8, 4) is 0 Å². The maximum atomic E-state index is 4.69. The number of hydrogen-bond acceptors (Lipinski definition) is 4. The molecule has 1 heterocycles. The lowest BCUT2D eigenvalue weighted by Gasteiger charge is -2.22. The van der Waals surface area contributed by atoms with Crippen molar-refractivity contribution in [2.24, 2.45) is 0 Å². The van der Waals surface area contributed by atoms with E-state index in [1.807, 2.05) is 30.6 Å². The molecular weight excluding hydrogens is 248 g/mol. The van der Waals surface area contributed by atoms with E-state index in [1.54, 1.807) is 0 Å². The summed E-state index contributed by atoms with van der Waals surface area (Å²) in [7, 11) is 0. The smallest absolute Gasteiger partial charge is 0.151 e. The molecule has 106 valence electrons. The third-order valence-corrected chi connectivity index (χ3v) is 3.02. The molecule has 0 spiro atoms. The van der Waals surface area contributed by atoms with Gasteiger partial charge in [0.05, 0.1) is 11.9 Å². The van der Waals surface area contributed by atoms with E-state index in [4.69, 9.17) is 4.98 Å². The molecule has 2 rings (SSSR count). The molecule has 0 saturated heterocycles. The maximum absolute atomic E-state index is 4.69. The molecule has 0 atom stereocenters. The van der Waals surface area contributed by atoms with Gasteiger partial charge in [-0.3, -0.25) is 4.98 Å². The normalized spacial score (nSPS) is 10.8. The average molecular weight is 270 g/mol. The third kappa shape index (κ3) is 3.78. The second-order valence-corrected chi connectivity index (χ2v) is 4.98. The second-order valence-electron chi connectivity index (χ2n) is 4.98. The zero-order chi connectivity index (χ0) is 14.4. The SMILES string of the molecule is CCN(c1ccccc1)c1cncc(CNC(C)C)n1. The van der Waals surface area contributed by atoms with Crippen molar-refractivity contribution < 1.29 is 0 Å². The van der Waals surface area contributed by atoms with Gasteiger partial charge in [0.25, 0.3) is 0 Å². The minimum Gasteiger partial charge on any atom is -0.325 e. The van der Waals surface area contributed by atoms with Crippen molar-refractivity contribution in [3.05, 3.63) is 48.4 Å². The van der Waals surface area contributed by atoms with Gasteiger partial charge in [0.2, 0.25) is 0 Å². The minimum atomic E-state index is 0.442. The average Bonchev–Trinajstić information content (AvgIpc) is 2.47. The van der Waals surface area contributed by atoms with Crippen LogP contribution in [0.1, 0.15) is 26.5 Å². The Labute approximate surface area is 120 Å². The molecule has 0 aliphatic carbocycles. The first-order chi connectivity index (χ1) is 9.70. The van der Waals surface area contributed by atoms with E-state index < -0.39 is 0 Å². The molecule has 0 aliphatic heterocycles.